The summed E-state index contributed by atoms with van der Waals surface area (Å²) in [6, 6.07) is 11.9. The van der Waals surface area contributed by atoms with Crippen LogP contribution in [0, 0.1) is 12.7 Å². The van der Waals surface area contributed by atoms with Crippen LogP contribution < -0.4 is 10.1 Å². The van der Waals surface area contributed by atoms with Gasteiger partial charge in [-0.1, -0.05) is 32.0 Å². The minimum Gasteiger partial charge on any atom is -0.484 e. The van der Waals surface area contributed by atoms with Gasteiger partial charge in [-0.15, -0.1) is 0 Å². The normalized spacial score (nSPS) is 10.6. The number of hydrogen-bond donors (Lipinski definition) is 1. The lowest BCUT2D eigenvalue weighted by Crippen LogP contribution is -2.20. The van der Waals surface area contributed by atoms with Crippen LogP contribution in [0.15, 0.2) is 42.5 Å². The fraction of sp³-hybridized carbons (Fsp3) is 0.278. The van der Waals surface area contributed by atoms with E-state index >= 15 is 0 Å². The van der Waals surface area contributed by atoms with Crippen LogP contribution in [0.25, 0.3) is 0 Å². The molecule has 1 N–H and O–H groups in total. The summed E-state index contributed by atoms with van der Waals surface area (Å²) in [5.41, 5.74) is 2.42. The molecule has 0 unspecified atom stereocenters. The molecule has 22 heavy (non-hydrogen) atoms. The fourth-order valence-electron chi connectivity index (χ4n) is 2.03. The number of carbonyl (C=O) groups is 1. The SMILES string of the molecule is Cc1ccc(F)cc1NC(=O)COc1cccc(C(C)C)c1. The summed E-state index contributed by atoms with van der Waals surface area (Å²) in [6.45, 7) is 5.89. The van der Waals surface area contributed by atoms with Crippen molar-refractivity contribution in [3.63, 3.8) is 0 Å². The van der Waals surface area contributed by atoms with Crippen LogP contribution in [0.5, 0.6) is 5.75 Å². The van der Waals surface area contributed by atoms with Gasteiger partial charge < -0.3 is 10.1 Å². The van der Waals surface area contributed by atoms with E-state index in [-0.39, 0.29) is 18.3 Å². The molecule has 0 aliphatic rings. The lowest BCUT2D eigenvalue weighted by atomic mass is 10.0. The zero-order chi connectivity index (χ0) is 16.1. The van der Waals surface area contributed by atoms with E-state index in [0.717, 1.165) is 11.1 Å². The Morgan fingerprint density at radius 1 is 1.23 bits per heavy atom. The number of rotatable bonds is 5. The maximum atomic E-state index is 13.2. The Labute approximate surface area is 130 Å². The molecule has 2 rings (SSSR count). The maximum absolute atomic E-state index is 13.2. The number of anilines is 1. The molecule has 4 heteroatoms. The average molecular weight is 301 g/mol. The molecule has 0 spiro atoms. The molecule has 0 fully saturated rings. The summed E-state index contributed by atoms with van der Waals surface area (Å²) in [5, 5.41) is 2.65. The first kappa shape index (κ1) is 16.0. The van der Waals surface area contributed by atoms with Crippen LogP contribution in [-0.2, 0) is 4.79 Å². The van der Waals surface area contributed by atoms with Crippen molar-refractivity contribution in [2.75, 3.05) is 11.9 Å². The molecule has 0 saturated heterocycles. The first-order valence-corrected chi connectivity index (χ1v) is 7.24. The van der Waals surface area contributed by atoms with Gasteiger partial charge in [0.05, 0.1) is 0 Å². The molecule has 2 aromatic carbocycles. The van der Waals surface area contributed by atoms with Crippen molar-refractivity contribution in [1.82, 2.24) is 0 Å². The molecule has 0 atom stereocenters. The van der Waals surface area contributed by atoms with Gasteiger partial charge in [0.25, 0.3) is 5.91 Å². The number of ether oxygens (including phenoxy) is 1. The summed E-state index contributed by atoms with van der Waals surface area (Å²) in [6.07, 6.45) is 0. The monoisotopic (exact) mass is 301 g/mol. The van der Waals surface area contributed by atoms with Gasteiger partial charge in [-0.2, -0.15) is 0 Å². The van der Waals surface area contributed by atoms with E-state index in [9.17, 15) is 9.18 Å². The lowest BCUT2D eigenvalue weighted by Gasteiger charge is -2.11. The van der Waals surface area contributed by atoms with E-state index in [1.54, 1.807) is 6.07 Å². The molecule has 0 saturated carbocycles. The zero-order valence-electron chi connectivity index (χ0n) is 13.0. The molecular formula is C18H20FNO2. The Morgan fingerprint density at radius 3 is 2.73 bits per heavy atom. The molecule has 0 aliphatic carbocycles. The van der Waals surface area contributed by atoms with E-state index in [0.29, 0.717) is 17.4 Å². The second kappa shape index (κ2) is 7.07. The third-order valence-corrected chi connectivity index (χ3v) is 3.37. The van der Waals surface area contributed by atoms with Gasteiger partial charge in [-0.3, -0.25) is 4.79 Å². The summed E-state index contributed by atoms with van der Waals surface area (Å²) >= 11 is 0. The predicted octanol–water partition coefficient (Wildman–Crippen LogP) is 4.28. The van der Waals surface area contributed by atoms with E-state index in [1.807, 2.05) is 31.2 Å². The third-order valence-electron chi connectivity index (χ3n) is 3.37. The highest BCUT2D eigenvalue weighted by Crippen LogP contribution is 2.20. The van der Waals surface area contributed by atoms with Crippen LogP contribution in [0.2, 0.25) is 0 Å². The Bertz CT molecular complexity index is 668. The molecule has 1 amide bonds. The van der Waals surface area contributed by atoms with Crippen LogP contribution in [0.1, 0.15) is 30.9 Å². The number of nitrogens with one attached hydrogen (secondary N) is 1. The highest BCUT2D eigenvalue weighted by molar-refractivity contribution is 5.92. The van der Waals surface area contributed by atoms with Gasteiger partial charge in [0, 0.05) is 5.69 Å². The van der Waals surface area contributed by atoms with E-state index in [4.69, 9.17) is 4.74 Å². The van der Waals surface area contributed by atoms with Crippen LogP contribution in [0.4, 0.5) is 10.1 Å². The van der Waals surface area contributed by atoms with Crippen molar-refractivity contribution in [3.8, 4) is 5.75 Å². The Morgan fingerprint density at radius 2 is 2.00 bits per heavy atom. The summed E-state index contributed by atoms with van der Waals surface area (Å²) < 4.78 is 18.7. The highest BCUT2D eigenvalue weighted by Gasteiger charge is 2.08. The minimum atomic E-state index is -0.383. The number of hydrogen-bond acceptors (Lipinski definition) is 2. The van der Waals surface area contributed by atoms with Crippen molar-refractivity contribution in [2.24, 2.45) is 0 Å². The summed E-state index contributed by atoms with van der Waals surface area (Å²) in [4.78, 5) is 11.9. The van der Waals surface area contributed by atoms with Crippen molar-refractivity contribution in [3.05, 3.63) is 59.4 Å². The largest absolute Gasteiger partial charge is 0.484 e. The van der Waals surface area contributed by atoms with Crippen molar-refractivity contribution >= 4 is 11.6 Å². The van der Waals surface area contributed by atoms with Gasteiger partial charge in [-0.25, -0.2) is 4.39 Å². The van der Waals surface area contributed by atoms with E-state index in [1.165, 1.54) is 12.1 Å². The number of halogens is 1. The summed E-state index contributed by atoms with van der Waals surface area (Å²) in [7, 11) is 0. The molecule has 2 aromatic rings. The molecule has 0 aliphatic heterocycles. The summed E-state index contributed by atoms with van der Waals surface area (Å²) in [5.74, 6) is 0.347. The highest BCUT2D eigenvalue weighted by atomic mass is 19.1. The Hall–Kier alpha value is -2.36. The number of carbonyl (C=O) groups excluding carboxylic acids is 1. The first-order chi connectivity index (χ1) is 10.5. The molecule has 0 heterocycles. The van der Waals surface area contributed by atoms with Gasteiger partial charge in [-0.05, 0) is 48.2 Å². The van der Waals surface area contributed by atoms with E-state index in [2.05, 4.69) is 19.2 Å². The standard InChI is InChI=1S/C18H20FNO2/c1-12(2)14-5-4-6-16(9-14)22-11-18(21)20-17-10-15(19)8-7-13(17)3/h4-10,12H,11H2,1-3H3,(H,20,21). The van der Waals surface area contributed by atoms with Crippen molar-refractivity contribution in [2.45, 2.75) is 26.7 Å². The van der Waals surface area contributed by atoms with E-state index < -0.39 is 0 Å². The maximum Gasteiger partial charge on any atom is 0.262 e. The molecule has 116 valence electrons. The topological polar surface area (TPSA) is 38.3 Å². The lowest BCUT2D eigenvalue weighted by molar-refractivity contribution is -0.118. The molecular weight excluding hydrogens is 281 g/mol. The Kier molecular flexibility index (Phi) is 5.15. The number of amides is 1. The smallest absolute Gasteiger partial charge is 0.262 e. The molecule has 0 aromatic heterocycles. The minimum absolute atomic E-state index is 0.114. The van der Waals surface area contributed by atoms with Crippen molar-refractivity contribution in [1.29, 1.82) is 0 Å². The second-order valence-electron chi connectivity index (χ2n) is 5.52. The first-order valence-electron chi connectivity index (χ1n) is 7.24. The van der Waals surface area contributed by atoms with Crippen LogP contribution in [-0.4, -0.2) is 12.5 Å². The predicted molar refractivity (Wildman–Crippen MR) is 85.8 cm³/mol. The van der Waals surface area contributed by atoms with Crippen LogP contribution in [0.3, 0.4) is 0 Å². The van der Waals surface area contributed by atoms with Crippen LogP contribution >= 0.6 is 0 Å². The van der Waals surface area contributed by atoms with Gasteiger partial charge in [0.15, 0.2) is 6.61 Å². The quantitative estimate of drug-likeness (QED) is 0.895. The molecule has 0 radical (unpaired) electrons. The number of benzene rings is 2. The zero-order valence-corrected chi connectivity index (χ0v) is 13.0. The Balaban J connectivity index is 1.95. The third kappa shape index (κ3) is 4.32. The average Bonchev–Trinajstić information content (AvgIpc) is 2.49. The van der Waals surface area contributed by atoms with Gasteiger partial charge >= 0.3 is 0 Å². The second-order valence-corrected chi connectivity index (χ2v) is 5.52. The molecule has 3 nitrogen and oxygen atoms in total. The molecule has 0 bridgehead atoms. The van der Waals surface area contributed by atoms with Gasteiger partial charge in [0.1, 0.15) is 11.6 Å². The van der Waals surface area contributed by atoms with Gasteiger partial charge in [0.2, 0.25) is 0 Å². The van der Waals surface area contributed by atoms with Crippen molar-refractivity contribution < 1.29 is 13.9 Å². The number of aryl methyl sites for hydroxylation is 1. The fourth-order valence-corrected chi connectivity index (χ4v) is 2.03.